The molecular formula is C12H13ClN4O2. The molecule has 0 aliphatic heterocycles. The van der Waals surface area contributed by atoms with E-state index in [1.165, 1.54) is 11.8 Å². The molecule has 0 atom stereocenters. The predicted octanol–water partition coefficient (Wildman–Crippen LogP) is 1.89. The molecule has 1 N–H and O–H groups in total. The van der Waals surface area contributed by atoms with E-state index in [4.69, 9.17) is 16.3 Å². The molecule has 1 amide bonds. The third kappa shape index (κ3) is 3.23. The van der Waals surface area contributed by atoms with Gasteiger partial charge >= 0.3 is 0 Å². The highest BCUT2D eigenvalue weighted by atomic mass is 35.5. The third-order valence-corrected chi connectivity index (χ3v) is 2.78. The van der Waals surface area contributed by atoms with E-state index in [0.717, 1.165) is 5.69 Å². The minimum atomic E-state index is -0.228. The van der Waals surface area contributed by atoms with Crippen molar-refractivity contribution in [2.45, 2.75) is 13.5 Å². The number of carbonyl (C=O) groups excluding carboxylic acids is 1. The number of amides is 1. The first kappa shape index (κ1) is 13.4. The van der Waals surface area contributed by atoms with Crippen LogP contribution in [-0.2, 0) is 11.3 Å². The summed E-state index contributed by atoms with van der Waals surface area (Å²) in [6.07, 6.45) is 1.59. The summed E-state index contributed by atoms with van der Waals surface area (Å²) < 4.78 is 6.66. The molecule has 1 heterocycles. The molecular weight excluding hydrogens is 268 g/mol. The molecule has 100 valence electrons. The van der Waals surface area contributed by atoms with Crippen LogP contribution in [0.3, 0.4) is 0 Å². The summed E-state index contributed by atoms with van der Waals surface area (Å²) in [6.45, 7) is 1.91. The fraction of sp³-hybridized carbons (Fsp3) is 0.250. The topological polar surface area (TPSA) is 69.0 Å². The Morgan fingerprint density at radius 3 is 2.95 bits per heavy atom. The summed E-state index contributed by atoms with van der Waals surface area (Å²) in [5, 5.41) is 10.8. The molecule has 2 rings (SSSR count). The van der Waals surface area contributed by atoms with Gasteiger partial charge in [-0.1, -0.05) is 16.8 Å². The summed E-state index contributed by atoms with van der Waals surface area (Å²) in [5.41, 5.74) is 1.34. The average molecular weight is 281 g/mol. The molecule has 1 aromatic heterocycles. The van der Waals surface area contributed by atoms with Crippen LogP contribution < -0.4 is 10.1 Å². The molecule has 0 aliphatic rings. The van der Waals surface area contributed by atoms with Crippen LogP contribution in [0.25, 0.3) is 0 Å². The molecule has 0 saturated heterocycles. The number of anilines is 1. The van der Waals surface area contributed by atoms with Gasteiger partial charge in [0.25, 0.3) is 0 Å². The first-order chi connectivity index (χ1) is 9.10. The van der Waals surface area contributed by atoms with Gasteiger partial charge in [-0.25, -0.2) is 4.68 Å². The summed E-state index contributed by atoms with van der Waals surface area (Å²) in [5.74, 6) is 0.322. The number of hydrogen-bond donors (Lipinski definition) is 1. The zero-order valence-corrected chi connectivity index (χ0v) is 11.3. The Bertz CT molecular complexity index is 597. The minimum Gasteiger partial charge on any atom is -0.495 e. The van der Waals surface area contributed by atoms with Crippen LogP contribution in [0.4, 0.5) is 5.69 Å². The standard InChI is InChI=1S/C12H13ClN4O2/c1-8-6-14-16-17(8)7-12(18)15-10-5-9(13)3-4-11(10)19-2/h3-6H,7H2,1-2H3,(H,15,18). The van der Waals surface area contributed by atoms with E-state index in [9.17, 15) is 4.79 Å². The van der Waals surface area contributed by atoms with Gasteiger partial charge in [0.15, 0.2) is 0 Å². The highest BCUT2D eigenvalue weighted by Gasteiger charge is 2.10. The number of benzene rings is 1. The minimum absolute atomic E-state index is 0.0848. The highest BCUT2D eigenvalue weighted by molar-refractivity contribution is 6.31. The van der Waals surface area contributed by atoms with Crippen molar-refractivity contribution in [3.63, 3.8) is 0 Å². The first-order valence-electron chi connectivity index (χ1n) is 5.58. The molecule has 2 aromatic rings. The van der Waals surface area contributed by atoms with Crippen molar-refractivity contribution in [1.82, 2.24) is 15.0 Å². The maximum absolute atomic E-state index is 11.9. The fourth-order valence-corrected chi connectivity index (χ4v) is 1.74. The van der Waals surface area contributed by atoms with Crippen LogP contribution in [-0.4, -0.2) is 28.0 Å². The Hall–Kier alpha value is -2.08. The summed E-state index contributed by atoms with van der Waals surface area (Å²) in [6, 6.07) is 5.02. The average Bonchev–Trinajstić information content (AvgIpc) is 2.75. The number of aromatic nitrogens is 3. The quantitative estimate of drug-likeness (QED) is 0.928. The predicted molar refractivity (Wildman–Crippen MR) is 71.4 cm³/mol. The number of hydrogen-bond acceptors (Lipinski definition) is 4. The molecule has 0 saturated carbocycles. The van der Waals surface area contributed by atoms with Gasteiger partial charge in [-0.15, -0.1) is 5.10 Å². The van der Waals surface area contributed by atoms with Crippen molar-refractivity contribution >= 4 is 23.2 Å². The van der Waals surface area contributed by atoms with Crippen molar-refractivity contribution in [1.29, 1.82) is 0 Å². The van der Waals surface area contributed by atoms with E-state index in [1.807, 2.05) is 6.92 Å². The molecule has 6 nitrogen and oxygen atoms in total. The van der Waals surface area contributed by atoms with Gasteiger partial charge in [-0.2, -0.15) is 0 Å². The Labute approximate surface area is 115 Å². The van der Waals surface area contributed by atoms with Gasteiger partial charge in [0, 0.05) is 5.02 Å². The van der Waals surface area contributed by atoms with Gasteiger partial charge in [-0.3, -0.25) is 4.79 Å². The van der Waals surface area contributed by atoms with Crippen LogP contribution in [0.1, 0.15) is 5.69 Å². The normalized spacial score (nSPS) is 10.3. The van der Waals surface area contributed by atoms with Gasteiger partial charge in [0.2, 0.25) is 5.91 Å². The molecule has 0 unspecified atom stereocenters. The number of ether oxygens (including phenoxy) is 1. The van der Waals surface area contributed by atoms with Crippen molar-refractivity contribution < 1.29 is 9.53 Å². The van der Waals surface area contributed by atoms with Crippen LogP contribution in [0.15, 0.2) is 24.4 Å². The van der Waals surface area contributed by atoms with Gasteiger partial charge in [0.1, 0.15) is 12.3 Å². The number of aryl methyl sites for hydroxylation is 1. The van der Waals surface area contributed by atoms with Gasteiger partial charge in [0.05, 0.1) is 24.7 Å². The maximum atomic E-state index is 11.9. The summed E-state index contributed by atoms with van der Waals surface area (Å²) in [7, 11) is 1.53. The smallest absolute Gasteiger partial charge is 0.246 e. The molecule has 19 heavy (non-hydrogen) atoms. The number of halogens is 1. The Morgan fingerprint density at radius 2 is 2.32 bits per heavy atom. The summed E-state index contributed by atoms with van der Waals surface area (Å²) in [4.78, 5) is 11.9. The SMILES string of the molecule is COc1ccc(Cl)cc1NC(=O)Cn1nncc1C. The van der Waals surface area contributed by atoms with Crippen molar-refractivity contribution in [3.8, 4) is 5.75 Å². The van der Waals surface area contributed by atoms with Crippen molar-refractivity contribution in [2.24, 2.45) is 0 Å². The molecule has 7 heteroatoms. The van der Waals surface area contributed by atoms with Crippen molar-refractivity contribution in [2.75, 3.05) is 12.4 Å². The summed E-state index contributed by atoms with van der Waals surface area (Å²) >= 11 is 5.89. The largest absolute Gasteiger partial charge is 0.495 e. The fourth-order valence-electron chi connectivity index (χ4n) is 1.57. The number of nitrogens with zero attached hydrogens (tertiary/aromatic N) is 3. The van der Waals surface area contributed by atoms with E-state index in [1.54, 1.807) is 24.4 Å². The third-order valence-electron chi connectivity index (χ3n) is 2.54. The molecule has 0 radical (unpaired) electrons. The molecule has 0 bridgehead atoms. The zero-order valence-electron chi connectivity index (χ0n) is 10.6. The maximum Gasteiger partial charge on any atom is 0.246 e. The Balaban J connectivity index is 2.11. The second kappa shape index (κ2) is 5.71. The van der Waals surface area contributed by atoms with Crippen LogP contribution in [0.5, 0.6) is 5.75 Å². The Morgan fingerprint density at radius 1 is 1.53 bits per heavy atom. The molecule has 0 fully saturated rings. The highest BCUT2D eigenvalue weighted by Crippen LogP contribution is 2.27. The van der Waals surface area contributed by atoms with Crippen LogP contribution in [0.2, 0.25) is 5.02 Å². The number of methoxy groups -OCH3 is 1. The number of carbonyl (C=O) groups is 1. The van der Waals surface area contributed by atoms with Crippen LogP contribution >= 0.6 is 11.6 Å². The van der Waals surface area contributed by atoms with Gasteiger partial charge < -0.3 is 10.1 Å². The molecule has 1 aromatic carbocycles. The van der Waals surface area contributed by atoms with Crippen LogP contribution in [0, 0.1) is 6.92 Å². The molecule has 0 spiro atoms. The number of nitrogens with one attached hydrogen (secondary N) is 1. The second-order valence-corrected chi connectivity index (χ2v) is 4.36. The lowest BCUT2D eigenvalue weighted by atomic mass is 10.3. The lowest BCUT2D eigenvalue weighted by Gasteiger charge is -2.10. The van der Waals surface area contributed by atoms with E-state index in [-0.39, 0.29) is 12.5 Å². The zero-order chi connectivity index (χ0) is 13.8. The lowest BCUT2D eigenvalue weighted by molar-refractivity contribution is -0.117. The van der Waals surface area contributed by atoms with E-state index in [0.29, 0.717) is 16.5 Å². The monoisotopic (exact) mass is 280 g/mol. The molecule has 0 aliphatic carbocycles. The van der Waals surface area contributed by atoms with E-state index < -0.39 is 0 Å². The van der Waals surface area contributed by atoms with Crippen molar-refractivity contribution in [3.05, 3.63) is 35.1 Å². The number of rotatable bonds is 4. The first-order valence-corrected chi connectivity index (χ1v) is 5.96. The van der Waals surface area contributed by atoms with E-state index >= 15 is 0 Å². The van der Waals surface area contributed by atoms with E-state index in [2.05, 4.69) is 15.6 Å². The van der Waals surface area contributed by atoms with Gasteiger partial charge in [-0.05, 0) is 25.1 Å². The lowest BCUT2D eigenvalue weighted by Crippen LogP contribution is -2.20. The second-order valence-electron chi connectivity index (χ2n) is 3.93. The Kier molecular flexibility index (Phi) is 4.01.